The summed E-state index contributed by atoms with van der Waals surface area (Å²) in [5.74, 6) is 2.14. The molecule has 0 saturated carbocycles. The van der Waals surface area contributed by atoms with Gasteiger partial charge in [-0.15, -0.1) is 0 Å². The van der Waals surface area contributed by atoms with Crippen LogP contribution < -0.4 is 4.74 Å². The van der Waals surface area contributed by atoms with Crippen LogP contribution in [0.15, 0.2) is 96.3 Å². The summed E-state index contributed by atoms with van der Waals surface area (Å²) in [5.41, 5.74) is 4.31. The normalized spacial score (nSPS) is 13.2. The second kappa shape index (κ2) is 9.58. The number of phenolic OH excluding ortho intramolecular Hbond substituents is 1. The molecule has 3 nitrogen and oxygen atoms in total. The first-order valence-electron chi connectivity index (χ1n) is 11.2. The molecule has 3 rings (SSSR count). The van der Waals surface area contributed by atoms with Gasteiger partial charge >= 0.3 is 0 Å². The van der Waals surface area contributed by atoms with Crippen molar-refractivity contribution in [3.63, 3.8) is 0 Å². The second-order valence-corrected chi connectivity index (χ2v) is 9.61. The lowest BCUT2D eigenvalue weighted by molar-refractivity contribution is 0.414. The van der Waals surface area contributed by atoms with Crippen LogP contribution in [0.4, 0.5) is 0 Å². The van der Waals surface area contributed by atoms with Gasteiger partial charge in [-0.1, -0.05) is 75.7 Å². The molecule has 0 amide bonds. The quantitative estimate of drug-likeness (QED) is 0.286. The van der Waals surface area contributed by atoms with Crippen molar-refractivity contribution in [3.05, 3.63) is 113 Å². The van der Waals surface area contributed by atoms with Gasteiger partial charge in [0.1, 0.15) is 17.2 Å². The van der Waals surface area contributed by atoms with E-state index in [-0.39, 0.29) is 16.6 Å². The molecule has 0 aromatic heterocycles. The smallest absolute Gasteiger partial charge is 0.127 e. The minimum absolute atomic E-state index is 0.161. The van der Waals surface area contributed by atoms with Gasteiger partial charge in [-0.2, -0.15) is 0 Å². The largest absolute Gasteiger partial charge is 0.513 e. The fourth-order valence-electron chi connectivity index (χ4n) is 3.74. The van der Waals surface area contributed by atoms with Crippen LogP contribution in [0.25, 0.3) is 0 Å². The van der Waals surface area contributed by atoms with Gasteiger partial charge in [-0.3, -0.25) is 0 Å². The Bertz CT molecular complexity index is 1130. The lowest BCUT2D eigenvalue weighted by Crippen LogP contribution is -2.18. The highest BCUT2D eigenvalue weighted by atomic mass is 16.5. The van der Waals surface area contributed by atoms with Crippen LogP contribution >= 0.6 is 0 Å². The van der Waals surface area contributed by atoms with E-state index in [0.29, 0.717) is 5.76 Å². The fraction of sp³-hybridized carbons (Fsp3) is 0.267. The minimum Gasteiger partial charge on any atom is -0.513 e. The number of hydrogen-bond donors (Lipinski definition) is 2. The number of hydrogen-bond acceptors (Lipinski definition) is 3. The molecule has 0 unspecified atom stereocenters. The average Bonchev–Trinajstić information content (AvgIpc) is 2.78. The summed E-state index contributed by atoms with van der Waals surface area (Å²) in [7, 11) is 0. The van der Waals surface area contributed by atoms with Gasteiger partial charge in [0, 0.05) is 10.8 Å². The van der Waals surface area contributed by atoms with E-state index in [1.807, 2.05) is 42.5 Å². The summed E-state index contributed by atoms with van der Waals surface area (Å²) < 4.78 is 6.08. The number of aromatic hydroxyl groups is 1. The molecule has 0 atom stereocenters. The highest BCUT2D eigenvalue weighted by Crippen LogP contribution is 2.35. The molecule has 0 radical (unpaired) electrons. The van der Waals surface area contributed by atoms with Gasteiger partial charge in [0.2, 0.25) is 0 Å². The monoisotopic (exact) mass is 442 g/mol. The Balaban J connectivity index is 1.73. The van der Waals surface area contributed by atoms with Gasteiger partial charge in [0.05, 0.1) is 5.76 Å². The van der Waals surface area contributed by atoms with Gasteiger partial charge in [-0.25, -0.2) is 0 Å². The van der Waals surface area contributed by atoms with Crippen LogP contribution in [0.5, 0.6) is 17.2 Å². The highest BCUT2D eigenvalue weighted by Gasteiger charge is 2.24. The molecule has 0 aliphatic rings. The molecule has 0 bridgehead atoms. The van der Waals surface area contributed by atoms with Crippen molar-refractivity contribution in [2.75, 3.05) is 0 Å². The Morgan fingerprint density at radius 3 is 1.55 bits per heavy atom. The first-order chi connectivity index (χ1) is 15.5. The Morgan fingerprint density at radius 2 is 1.09 bits per heavy atom. The lowest BCUT2D eigenvalue weighted by atomic mass is 9.78. The summed E-state index contributed by atoms with van der Waals surface area (Å²) in [6, 6.07) is 23.7. The third-order valence-electron chi connectivity index (χ3n) is 6.54. The van der Waals surface area contributed by atoms with Crippen molar-refractivity contribution in [1.29, 1.82) is 0 Å². The Hall–Kier alpha value is -3.46. The van der Waals surface area contributed by atoms with Crippen LogP contribution in [0.2, 0.25) is 0 Å². The number of aliphatic hydroxyl groups excluding tert-OH is 1. The van der Waals surface area contributed by atoms with E-state index in [9.17, 15) is 10.2 Å². The predicted molar refractivity (Wildman–Crippen MR) is 136 cm³/mol. The molecule has 0 aliphatic heterocycles. The molecule has 3 heteroatoms. The molecule has 3 aromatic carbocycles. The number of benzene rings is 3. The number of ether oxygens (including phenoxy) is 1. The summed E-state index contributed by atoms with van der Waals surface area (Å²) in [4.78, 5) is 0. The Kier molecular flexibility index (Phi) is 7.02. The van der Waals surface area contributed by atoms with Crippen molar-refractivity contribution in [2.45, 2.75) is 52.4 Å². The van der Waals surface area contributed by atoms with Crippen LogP contribution in [-0.4, -0.2) is 10.2 Å². The van der Waals surface area contributed by atoms with Crippen molar-refractivity contribution >= 4 is 0 Å². The van der Waals surface area contributed by atoms with Gasteiger partial charge in [0.15, 0.2) is 0 Å². The topological polar surface area (TPSA) is 49.7 Å². The zero-order valence-electron chi connectivity index (χ0n) is 20.4. The molecule has 0 aliphatic carbocycles. The van der Waals surface area contributed by atoms with Crippen LogP contribution in [0.1, 0.15) is 58.2 Å². The highest BCUT2D eigenvalue weighted by molar-refractivity contribution is 5.43. The molecule has 0 fully saturated rings. The fourth-order valence-corrected chi connectivity index (χ4v) is 3.74. The van der Waals surface area contributed by atoms with E-state index in [1.54, 1.807) is 25.1 Å². The third-order valence-corrected chi connectivity index (χ3v) is 6.54. The van der Waals surface area contributed by atoms with Crippen molar-refractivity contribution < 1.29 is 14.9 Å². The average molecular weight is 443 g/mol. The molecule has 0 saturated heterocycles. The van der Waals surface area contributed by atoms with Crippen molar-refractivity contribution in [2.24, 2.45) is 0 Å². The van der Waals surface area contributed by atoms with Crippen LogP contribution in [0, 0.1) is 0 Å². The van der Waals surface area contributed by atoms with Gasteiger partial charge in [-0.05, 0) is 73.0 Å². The summed E-state index contributed by atoms with van der Waals surface area (Å²) in [5, 5.41) is 19.0. The molecule has 0 spiro atoms. The molecular weight excluding hydrogens is 408 g/mol. The maximum Gasteiger partial charge on any atom is 0.127 e. The van der Waals surface area contributed by atoms with E-state index < -0.39 is 0 Å². The second-order valence-electron chi connectivity index (χ2n) is 9.61. The molecule has 0 heterocycles. The van der Waals surface area contributed by atoms with Crippen molar-refractivity contribution in [3.8, 4) is 17.2 Å². The molecular formula is C30H34O3. The summed E-state index contributed by atoms with van der Waals surface area (Å²) >= 11 is 0. The van der Waals surface area contributed by atoms with Crippen LogP contribution in [-0.2, 0) is 10.8 Å². The molecule has 33 heavy (non-hydrogen) atoms. The first kappa shape index (κ1) is 24.2. The summed E-state index contributed by atoms with van der Waals surface area (Å²) in [6.45, 7) is 12.4. The predicted octanol–water partition coefficient (Wildman–Crippen LogP) is 8.20. The maximum atomic E-state index is 9.57. The molecule has 3 aromatic rings. The van der Waals surface area contributed by atoms with E-state index in [2.05, 4.69) is 58.9 Å². The number of aliphatic hydroxyl groups is 1. The third kappa shape index (κ3) is 5.67. The number of phenols is 1. The Morgan fingerprint density at radius 1 is 0.667 bits per heavy atom. The van der Waals surface area contributed by atoms with E-state index in [1.165, 1.54) is 11.1 Å². The minimum atomic E-state index is -0.186. The standard InChI is InChI=1S/C30H34O3/c1-21(7-8-22(2)31)29(3,4)23-11-17-27(18-12-23)33-28-19-13-25(14-20-28)30(5,6)24-9-15-26(32)16-10-24/h7-20,31-32H,1-6H3/b21-7+,22-8+. The van der Waals surface area contributed by atoms with Gasteiger partial charge < -0.3 is 14.9 Å². The Labute approximate surface area is 197 Å². The summed E-state index contributed by atoms with van der Waals surface area (Å²) in [6.07, 6.45) is 3.68. The van der Waals surface area contributed by atoms with Gasteiger partial charge in [0.25, 0.3) is 0 Å². The van der Waals surface area contributed by atoms with Crippen LogP contribution in [0.3, 0.4) is 0 Å². The lowest BCUT2D eigenvalue weighted by Gasteiger charge is -2.27. The number of rotatable bonds is 7. The zero-order valence-corrected chi connectivity index (χ0v) is 20.4. The molecule has 2 N–H and O–H groups in total. The SMILES string of the molecule is C/C(O)=C\C=C(/C)C(C)(C)c1ccc(Oc2ccc(C(C)(C)c3ccc(O)cc3)cc2)cc1. The zero-order chi connectivity index (χ0) is 24.2. The van der Waals surface area contributed by atoms with E-state index in [0.717, 1.165) is 22.6 Å². The maximum absolute atomic E-state index is 9.57. The van der Waals surface area contributed by atoms with E-state index in [4.69, 9.17) is 4.74 Å². The molecule has 172 valence electrons. The first-order valence-corrected chi connectivity index (χ1v) is 11.2. The number of allylic oxidation sites excluding steroid dienone is 4. The van der Waals surface area contributed by atoms with Crippen molar-refractivity contribution in [1.82, 2.24) is 0 Å². The van der Waals surface area contributed by atoms with E-state index >= 15 is 0 Å².